The molecular formula is C54H38N2. The molecule has 10 aromatic rings. The van der Waals surface area contributed by atoms with Crippen LogP contribution in [0.25, 0.3) is 65.7 Å². The SMILES string of the molecule is c1ccc(-c2ccc(N(c3ccc(Nc4ccc5ccccc5c4-c4cccc5ccccc45)cc3)c3ccc(-c4ccc5ccccc5c4)cc3)cc2)cc1. The molecule has 264 valence electrons. The summed E-state index contributed by atoms with van der Waals surface area (Å²) in [5.41, 5.74) is 12.6. The second-order valence-corrected chi connectivity index (χ2v) is 14.3. The Morgan fingerprint density at radius 1 is 0.304 bits per heavy atom. The first kappa shape index (κ1) is 33.2. The molecule has 0 saturated heterocycles. The normalized spacial score (nSPS) is 11.2. The first-order chi connectivity index (χ1) is 27.7. The molecule has 0 saturated carbocycles. The zero-order valence-corrected chi connectivity index (χ0v) is 30.8. The van der Waals surface area contributed by atoms with E-state index >= 15 is 0 Å². The van der Waals surface area contributed by atoms with Gasteiger partial charge in [0, 0.05) is 34.0 Å². The summed E-state index contributed by atoms with van der Waals surface area (Å²) in [6.07, 6.45) is 0. The van der Waals surface area contributed by atoms with Gasteiger partial charge in [-0.15, -0.1) is 0 Å². The summed E-state index contributed by atoms with van der Waals surface area (Å²) in [6.45, 7) is 0. The molecule has 0 aromatic heterocycles. The lowest BCUT2D eigenvalue weighted by atomic mass is 9.92. The summed E-state index contributed by atoms with van der Waals surface area (Å²) >= 11 is 0. The van der Waals surface area contributed by atoms with Gasteiger partial charge in [-0.3, -0.25) is 0 Å². The minimum atomic E-state index is 1.02. The van der Waals surface area contributed by atoms with Crippen LogP contribution in [0.4, 0.5) is 28.4 Å². The van der Waals surface area contributed by atoms with E-state index in [0.29, 0.717) is 0 Å². The molecular weight excluding hydrogens is 677 g/mol. The monoisotopic (exact) mass is 714 g/mol. The molecule has 0 bridgehead atoms. The molecule has 0 aliphatic carbocycles. The molecule has 0 fully saturated rings. The van der Waals surface area contributed by atoms with Gasteiger partial charge in [-0.1, -0.05) is 164 Å². The van der Waals surface area contributed by atoms with E-state index in [1.165, 1.54) is 65.7 Å². The number of rotatable bonds is 8. The van der Waals surface area contributed by atoms with E-state index in [1.54, 1.807) is 0 Å². The van der Waals surface area contributed by atoms with Crippen molar-refractivity contribution in [1.29, 1.82) is 0 Å². The van der Waals surface area contributed by atoms with Crippen LogP contribution in [-0.2, 0) is 0 Å². The van der Waals surface area contributed by atoms with Crippen LogP contribution in [0.2, 0.25) is 0 Å². The predicted octanol–water partition coefficient (Wildman–Crippen LogP) is 15.4. The van der Waals surface area contributed by atoms with Crippen LogP contribution >= 0.6 is 0 Å². The second-order valence-electron chi connectivity index (χ2n) is 14.3. The lowest BCUT2D eigenvalue weighted by Gasteiger charge is -2.26. The fraction of sp³-hybridized carbons (Fsp3) is 0. The largest absolute Gasteiger partial charge is 0.355 e. The van der Waals surface area contributed by atoms with Crippen molar-refractivity contribution in [2.75, 3.05) is 10.2 Å². The molecule has 0 unspecified atom stereocenters. The Bertz CT molecular complexity index is 2960. The van der Waals surface area contributed by atoms with Gasteiger partial charge in [-0.05, 0) is 121 Å². The quantitative estimate of drug-likeness (QED) is 0.169. The van der Waals surface area contributed by atoms with Crippen molar-refractivity contribution >= 4 is 60.8 Å². The van der Waals surface area contributed by atoms with E-state index in [9.17, 15) is 0 Å². The zero-order chi connectivity index (χ0) is 37.3. The average molecular weight is 715 g/mol. The Morgan fingerprint density at radius 3 is 1.48 bits per heavy atom. The van der Waals surface area contributed by atoms with Crippen molar-refractivity contribution in [2.45, 2.75) is 0 Å². The highest BCUT2D eigenvalue weighted by Crippen LogP contribution is 2.42. The van der Waals surface area contributed by atoms with E-state index in [0.717, 1.165) is 28.4 Å². The maximum Gasteiger partial charge on any atom is 0.0470 e. The first-order valence-electron chi connectivity index (χ1n) is 19.2. The van der Waals surface area contributed by atoms with Crippen molar-refractivity contribution < 1.29 is 0 Å². The van der Waals surface area contributed by atoms with Crippen molar-refractivity contribution in [3.8, 4) is 33.4 Å². The summed E-state index contributed by atoms with van der Waals surface area (Å²) < 4.78 is 0. The van der Waals surface area contributed by atoms with Gasteiger partial charge in [0.05, 0.1) is 0 Å². The van der Waals surface area contributed by atoms with Crippen LogP contribution < -0.4 is 10.2 Å². The van der Waals surface area contributed by atoms with Crippen LogP contribution in [0, 0.1) is 0 Å². The molecule has 0 atom stereocenters. The minimum absolute atomic E-state index is 1.02. The topological polar surface area (TPSA) is 15.3 Å². The predicted molar refractivity (Wildman–Crippen MR) is 240 cm³/mol. The highest BCUT2D eigenvalue weighted by molar-refractivity contribution is 6.10. The molecule has 10 rings (SSSR count). The lowest BCUT2D eigenvalue weighted by molar-refractivity contribution is 1.28. The highest BCUT2D eigenvalue weighted by atomic mass is 15.1. The van der Waals surface area contributed by atoms with Gasteiger partial charge in [0.2, 0.25) is 0 Å². The number of fused-ring (bicyclic) bond motifs is 3. The number of anilines is 5. The fourth-order valence-electron chi connectivity index (χ4n) is 8.01. The maximum absolute atomic E-state index is 3.82. The van der Waals surface area contributed by atoms with Crippen molar-refractivity contribution in [3.63, 3.8) is 0 Å². The number of nitrogens with one attached hydrogen (secondary N) is 1. The third-order valence-electron chi connectivity index (χ3n) is 10.8. The molecule has 0 amide bonds. The second kappa shape index (κ2) is 14.4. The van der Waals surface area contributed by atoms with Gasteiger partial charge in [0.15, 0.2) is 0 Å². The van der Waals surface area contributed by atoms with E-state index < -0.39 is 0 Å². The lowest BCUT2D eigenvalue weighted by Crippen LogP contribution is -2.10. The van der Waals surface area contributed by atoms with Crippen LogP contribution in [0.3, 0.4) is 0 Å². The molecule has 56 heavy (non-hydrogen) atoms. The summed E-state index contributed by atoms with van der Waals surface area (Å²) in [5, 5.41) is 11.2. The molecule has 0 aliphatic rings. The number of hydrogen-bond acceptors (Lipinski definition) is 2. The van der Waals surface area contributed by atoms with Gasteiger partial charge in [0.25, 0.3) is 0 Å². The van der Waals surface area contributed by atoms with Crippen molar-refractivity contribution in [1.82, 2.24) is 0 Å². The molecule has 0 aliphatic heterocycles. The summed E-state index contributed by atoms with van der Waals surface area (Å²) in [6, 6.07) is 80.7. The highest BCUT2D eigenvalue weighted by Gasteiger charge is 2.16. The van der Waals surface area contributed by atoms with Crippen LogP contribution in [0.1, 0.15) is 0 Å². The average Bonchev–Trinajstić information content (AvgIpc) is 3.27. The van der Waals surface area contributed by atoms with E-state index in [4.69, 9.17) is 0 Å². The number of benzene rings is 10. The van der Waals surface area contributed by atoms with Crippen LogP contribution in [0.15, 0.2) is 224 Å². The molecule has 10 aromatic carbocycles. The number of nitrogens with zero attached hydrogens (tertiary/aromatic N) is 1. The molecule has 2 nitrogen and oxygen atoms in total. The molecule has 2 heteroatoms. The summed E-state index contributed by atoms with van der Waals surface area (Å²) in [5.74, 6) is 0. The Labute approximate surface area is 327 Å². The van der Waals surface area contributed by atoms with Crippen molar-refractivity contribution in [2.24, 2.45) is 0 Å². The summed E-state index contributed by atoms with van der Waals surface area (Å²) in [7, 11) is 0. The van der Waals surface area contributed by atoms with Gasteiger partial charge in [-0.2, -0.15) is 0 Å². The smallest absolute Gasteiger partial charge is 0.0470 e. The first-order valence-corrected chi connectivity index (χ1v) is 19.2. The van der Waals surface area contributed by atoms with Gasteiger partial charge < -0.3 is 10.2 Å². The molecule has 0 heterocycles. The van der Waals surface area contributed by atoms with E-state index in [2.05, 4.69) is 235 Å². The molecule has 1 N–H and O–H groups in total. The Hall–Kier alpha value is -7.42. The van der Waals surface area contributed by atoms with Crippen LogP contribution in [-0.4, -0.2) is 0 Å². The van der Waals surface area contributed by atoms with Gasteiger partial charge >= 0.3 is 0 Å². The third-order valence-corrected chi connectivity index (χ3v) is 10.8. The Morgan fingerprint density at radius 2 is 0.786 bits per heavy atom. The summed E-state index contributed by atoms with van der Waals surface area (Å²) in [4.78, 5) is 2.33. The number of hydrogen-bond donors (Lipinski definition) is 1. The molecule has 0 spiro atoms. The third kappa shape index (κ3) is 6.34. The minimum Gasteiger partial charge on any atom is -0.355 e. The van der Waals surface area contributed by atoms with E-state index in [1.807, 2.05) is 0 Å². The Balaban J connectivity index is 1.02. The molecule has 0 radical (unpaired) electrons. The van der Waals surface area contributed by atoms with Gasteiger partial charge in [0.1, 0.15) is 0 Å². The zero-order valence-electron chi connectivity index (χ0n) is 30.8. The van der Waals surface area contributed by atoms with Crippen LogP contribution in [0.5, 0.6) is 0 Å². The maximum atomic E-state index is 3.82. The fourth-order valence-corrected chi connectivity index (χ4v) is 8.01. The standard InChI is InChI=1S/C54H38N2/c1-2-11-38(12-3-1)40-23-30-47(31-24-40)56(48-32-25-41(26-33-48)45-22-21-39-13-4-5-16-44(39)37-45)49-34-28-46(29-35-49)55-53-36-27-43-15-7-9-19-51(43)54(53)52-20-10-17-42-14-6-8-18-50(42)52/h1-37,55H. The van der Waals surface area contributed by atoms with Crippen molar-refractivity contribution in [3.05, 3.63) is 224 Å². The Kier molecular flexibility index (Phi) is 8.55. The van der Waals surface area contributed by atoms with E-state index in [-0.39, 0.29) is 0 Å². The van der Waals surface area contributed by atoms with Gasteiger partial charge in [-0.25, -0.2) is 0 Å².